The van der Waals surface area contributed by atoms with Crippen LogP contribution >= 0.6 is 34.8 Å². The van der Waals surface area contributed by atoms with E-state index in [1.54, 1.807) is 24.3 Å². The molecule has 2 aliphatic rings. The van der Waals surface area contributed by atoms with Crippen LogP contribution in [0.3, 0.4) is 0 Å². The molecule has 1 aliphatic carbocycles. The number of alkyl halides is 1. The van der Waals surface area contributed by atoms with Crippen LogP contribution in [-0.4, -0.2) is 45.4 Å². The summed E-state index contributed by atoms with van der Waals surface area (Å²) in [6.45, 7) is 1.91. The lowest BCUT2D eigenvalue weighted by Crippen LogP contribution is -2.57. The minimum Gasteiger partial charge on any atom is -0.292 e. The van der Waals surface area contributed by atoms with Gasteiger partial charge in [-0.15, -0.1) is 11.6 Å². The number of carbonyl (C=O) groups excluding carboxylic acids is 4. The molecular formula is C26H23Cl3N2O4. The number of amides is 3. The predicted molar refractivity (Wildman–Crippen MR) is 134 cm³/mol. The summed E-state index contributed by atoms with van der Waals surface area (Å²) in [5.74, 6) is -3.36. The first kappa shape index (κ1) is 25.4. The van der Waals surface area contributed by atoms with E-state index in [2.05, 4.69) is 0 Å². The average Bonchev–Trinajstić information content (AvgIpc) is 3.08. The van der Waals surface area contributed by atoms with Crippen molar-refractivity contribution in [2.24, 2.45) is 11.8 Å². The van der Waals surface area contributed by atoms with Crippen molar-refractivity contribution in [3.63, 3.8) is 0 Å². The Hall–Kier alpha value is -2.67. The van der Waals surface area contributed by atoms with Gasteiger partial charge in [0.1, 0.15) is 6.04 Å². The third kappa shape index (κ3) is 4.88. The maximum Gasteiger partial charge on any atom is 0.275 e. The molecule has 1 fully saturated rings. The molecule has 0 aromatic heterocycles. The molecule has 0 saturated carbocycles. The van der Waals surface area contributed by atoms with Crippen LogP contribution in [0.5, 0.6) is 0 Å². The van der Waals surface area contributed by atoms with E-state index in [0.29, 0.717) is 17.9 Å². The van der Waals surface area contributed by atoms with Crippen LogP contribution in [0.4, 0.5) is 0 Å². The highest BCUT2D eigenvalue weighted by molar-refractivity contribution is 6.34. The fourth-order valence-electron chi connectivity index (χ4n) is 4.64. The summed E-state index contributed by atoms with van der Waals surface area (Å²) in [7, 11) is 0. The highest BCUT2D eigenvalue weighted by Gasteiger charge is 2.53. The summed E-state index contributed by atoms with van der Waals surface area (Å²) in [5, 5.41) is 2.41. The van der Waals surface area contributed by atoms with Gasteiger partial charge in [0, 0.05) is 16.5 Å². The molecule has 1 heterocycles. The second-order valence-corrected chi connectivity index (χ2v) is 9.91. The van der Waals surface area contributed by atoms with E-state index in [9.17, 15) is 19.2 Å². The van der Waals surface area contributed by atoms with Gasteiger partial charge in [-0.25, -0.2) is 5.01 Å². The molecule has 3 amide bonds. The molecule has 0 radical (unpaired) electrons. The minimum atomic E-state index is -1.21. The van der Waals surface area contributed by atoms with E-state index in [1.807, 2.05) is 13.0 Å². The van der Waals surface area contributed by atoms with E-state index in [4.69, 9.17) is 34.8 Å². The van der Waals surface area contributed by atoms with Gasteiger partial charge in [0.05, 0.1) is 22.4 Å². The molecule has 6 nitrogen and oxygen atoms in total. The van der Waals surface area contributed by atoms with Crippen LogP contribution < -0.4 is 0 Å². The van der Waals surface area contributed by atoms with E-state index in [-0.39, 0.29) is 28.5 Å². The number of halogens is 3. The number of allylic oxidation sites excluding steroid dienone is 2. The Morgan fingerprint density at radius 3 is 2.34 bits per heavy atom. The van der Waals surface area contributed by atoms with Gasteiger partial charge < -0.3 is 0 Å². The Balaban J connectivity index is 1.82. The first-order chi connectivity index (χ1) is 16.7. The summed E-state index contributed by atoms with van der Waals surface area (Å²) in [6, 6.07) is 11.3. The lowest BCUT2D eigenvalue weighted by atomic mass is 9.82. The van der Waals surface area contributed by atoms with Gasteiger partial charge in [0.2, 0.25) is 0 Å². The number of ketones is 1. The van der Waals surface area contributed by atoms with E-state index in [1.165, 1.54) is 24.3 Å². The van der Waals surface area contributed by atoms with Crippen LogP contribution in [0, 0.1) is 11.8 Å². The summed E-state index contributed by atoms with van der Waals surface area (Å²) in [4.78, 5) is 54.6. The lowest BCUT2D eigenvalue weighted by Gasteiger charge is -2.36. The third-order valence-corrected chi connectivity index (χ3v) is 7.24. The quantitative estimate of drug-likeness (QED) is 0.202. The number of fused-ring (bicyclic) bond motifs is 1. The molecule has 0 N–H and O–H groups in total. The van der Waals surface area contributed by atoms with Crippen molar-refractivity contribution in [2.45, 2.75) is 32.2 Å². The molecule has 0 unspecified atom stereocenters. The SMILES string of the molecule is CC1=CC[C@@H]2C(=O)N(N(C(=O)c3ccccc3Cl)[C@H](CCCl)C(=O)c3ccc(Cl)cc3)C(=O)[C@@H]2C1. The summed E-state index contributed by atoms with van der Waals surface area (Å²) < 4.78 is 0. The zero-order valence-corrected chi connectivity index (χ0v) is 21.2. The monoisotopic (exact) mass is 532 g/mol. The molecule has 9 heteroatoms. The largest absolute Gasteiger partial charge is 0.292 e. The average molecular weight is 534 g/mol. The molecule has 4 rings (SSSR count). The van der Waals surface area contributed by atoms with E-state index >= 15 is 0 Å². The molecule has 0 bridgehead atoms. The van der Waals surface area contributed by atoms with Gasteiger partial charge in [0.15, 0.2) is 5.78 Å². The van der Waals surface area contributed by atoms with Crippen molar-refractivity contribution in [2.75, 3.05) is 5.88 Å². The molecule has 35 heavy (non-hydrogen) atoms. The van der Waals surface area contributed by atoms with Crippen molar-refractivity contribution in [1.29, 1.82) is 0 Å². The van der Waals surface area contributed by atoms with Crippen LogP contribution in [0.2, 0.25) is 10.0 Å². The van der Waals surface area contributed by atoms with Gasteiger partial charge >= 0.3 is 0 Å². The maximum absolute atomic E-state index is 13.9. The van der Waals surface area contributed by atoms with Gasteiger partial charge in [-0.3, -0.25) is 19.2 Å². The highest BCUT2D eigenvalue weighted by Crippen LogP contribution is 2.39. The summed E-state index contributed by atoms with van der Waals surface area (Å²) in [6.07, 6.45) is 2.77. The summed E-state index contributed by atoms with van der Waals surface area (Å²) >= 11 is 18.4. The molecule has 182 valence electrons. The molecule has 2 aromatic rings. The molecule has 2 aromatic carbocycles. The second-order valence-electron chi connectivity index (χ2n) is 8.69. The molecule has 1 aliphatic heterocycles. The Morgan fingerprint density at radius 1 is 1.03 bits per heavy atom. The smallest absolute Gasteiger partial charge is 0.275 e. The van der Waals surface area contributed by atoms with Crippen molar-refractivity contribution in [1.82, 2.24) is 10.0 Å². The topological polar surface area (TPSA) is 74.8 Å². The van der Waals surface area contributed by atoms with Crippen LogP contribution in [0.25, 0.3) is 0 Å². The second kappa shape index (κ2) is 10.5. The Kier molecular flexibility index (Phi) is 7.64. The number of hydrogen-bond acceptors (Lipinski definition) is 4. The molecule has 1 saturated heterocycles. The van der Waals surface area contributed by atoms with Gasteiger partial charge in [0.25, 0.3) is 17.7 Å². The number of rotatable bonds is 7. The van der Waals surface area contributed by atoms with E-state index < -0.39 is 41.4 Å². The van der Waals surface area contributed by atoms with Crippen molar-refractivity contribution >= 4 is 58.3 Å². The number of imide groups is 1. The molecule has 0 spiro atoms. The zero-order chi connectivity index (χ0) is 25.3. The Labute approximate surface area is 218 Å². The summed E-state index contributed by atoms with van der Waals surface area (Å²) in [5.41, 5.74) is 1.35. The lowest BCUT2D eigenvalue weighted by molar-refractivity contribution is -0.156. The Morgan fingerprint density at radius 2 is 1.69 bits per heavy atom. The number of hydrazine groups is 1. The van der Waals surface area contributed by atoms with Gasteiger partial charge in [-0.2, -0.15) is 5.01 Å². The fourth-order valence-corrected chi connectivity index (χ4v) is 5.19. The van der Waals surface area contributed by atoms with Crippen LogP contribution in [-0.2, 0) is 9.59 Å². The highest BCUT2D eigenvalue weighted by atomic mass is 35.5. The van der Waals surface area contributed by atoms with Crippen molar-refractivity contribution < 1.29 is 19.2 Å². The van der Waals surface area contributed by atoms with Crippen molar-refractivity contribution in [3.8, 4) is 0 Å². The van der Waals surface area contributed by atoms with Crippen LogP contribution in [0.15, 0.2) is 60.2 Å². The molecule has 3 atom stereocenters. The number of carbonyl (C=O) groups is 4. The van der Waals surface area contributed by atoms with Crippen LogP contribution in [0.1, 0.15) is 46.9 Å². The number of benzene rings is 2. The first-order valence-electron chi connectivity index (χ1n) is 11.2. The van der Waals surface area contributed by atoms with Gasteiger partial charge in [-0.1, -0.05) is 47.0 Å². The maximum atomic E-state index is 13.9. The van der Waals surface area contributed by atoms with Crippen molar-refractivity contribution in [3.05, 3.63) is 81.4 Å². The number of Topliss-reactive ketones (excluding diaryl/α,β-unsaturated/α-hetero) is 1. The Bertz CT molecular complexity index is 1210. The normalized spacial score (nSPS) is 20.3. The predicted octanol–water partition coefficient (Wildman–Crippen LogP) is 5.57. The number of nitrogens with zero attached hydrogens (tertiary/aromatic N) is 2. The molecular weight excluding hydrogens is 511 g/mol. The first-order valence-corrected chi connectivity index (χ1v) is 12.5. The van der Waals surface area contributed by atoms with E-state index in [0.717, 1.165) is 15.6 Å². The number of hydrogen-bond donors (Lipinski definition) is 0. The third-order valence-electron chi connectivity index (χ3n) is 6.44. The minimum absolute atomic E-state index is 0.0139. The van der Waals surface area contributed by atoms with Gasteiger partial charge in [-0.05, 0) is 62.6 Å². The zero-order valence-electron chi connectivity index (χ0n) is 18.9. The standard InChI is InChI=1S/C26H23Cl3N2O4/c1-15-6-11-18-20(14-15)26(35)31(24(18)33)30(25(34)19-4-2-3-5-21(19)29)22(12-13-27)23(32)16-7-9-17(28)10-8-16/h2-10,18,20,22H,11-14H2,1H3/t18-,20+,22+/m0/s1. The fraction of sp³-hybridized carbons (Fsp3) is 0.308.